The first-order valence-corrected chi connectivity index (χ1v) is 9.02. The average molecular weight is 358 g/mol. The van der Waals surface area contributed by atoms with Crippen LogP contribution in [0.25, 0.3) is 0 Å². The Morgan fingerprint density at radius 2 is 2.04 bits per heavy atom. The van der Waals surface area contributed by atoms with Gasteiger partial charge in [0.1, 0.15) is 0 Å². The van der Waals surface area contributed by atoms with Gasteiger partial charge in [0.05, 0.1) is 31.3 Å². The number of carbonyl (C=O) groups is 1. The maximum Gasteiger partial charge on any atom is 0.255 e. The van der Waals surface area contributed by atoms with Crippen LogP contribution in [-0.4, -0.2) is 60.0 Å². The number of hydrogen-bond donors (Lipinski definition) is 2. The largest absolute Gasteiger partial charge is 0.383 e. The van der Waals surface area contributed by atoms with E-state index in [-0.39, 0.29) is 30.1 Å². The Kier molecular flexibility index (Phi) is 6.69. The molecule has 8 nitrogen and oxygen atoms in total. The molecule has 9 heteroatoms. The Morgan fingerprint density at radius 3 is 2.62 bits per heavy atom. The highest BCUT2D eigenvalue weighted by atomic mass is 32.2. The first kappa shape index (κ1) is 18.8. The van der Waals surface area contributed by atoms with E-state index in [2.05, 4.69) is 10.0 Å². The predicted octanol–water partition coefficient (Wildman–Crippen LogP) is 0.354. The van der Waals surface area contributed by atoms with Crippen LogP contribution in [0.4, 0.5) is 5.69 Å². The molecule has 134 valence electrons. The summed E-state index contributed by atoms with van der Waals surface area (Å²) in [6.07, 6.45) is -0.654. The third kappa shape index (κ3) is 5.25. The summed E-state index contributed by atoms with van der Waals surface area (Å²) in [6.45, 7) is 3.05. The maximum atomic E-state index is 12.2. The molecular formula is C15H22N2O6S. The van der Waals surface area contributed by atoms with Gasteiger partial charge in [-0.1, -0.05) is 0 Å². The molecule has 2 unspecified atom stereocenters. The van der Waals surface area contributed by atoms with E-state index in [0.717, 1.165) is 0 Å². The third-order valence-electron chi connectivity index (χ3n) is 3.31. The topological polar surface area (TPSA) is 103 Å². The number of methoxy groups -OCH3 is 1. The number of amides is 1. The van der Waals surface area contributed by atoms with E-state index in [1.165, 1.54) is 31.4 Å². The lowest BCUT2D eigenvalue weighted by atomic mass is 10.3. The number of nitrogens with one attached hydrogen (secondary N) is 2. The molecule has 1 aliphatic heterocycles. The Balaban J connectivity index is 1.98. The average Bonchev–Trinajstić information content (AvgIpc) is 2.56. The minimum atomic E-state index is -3.63. The summed E-state index contributed by atoms with van der Waals surface area (Å²) in [4.78, 5) is 12.1. The molecule has 2 rings (SSSR count). The highest BCUT2D eigenvalue weighted by molar-refractivity contribution is 7.89. The molecule has 1 fully saturated rings. The van der Waals surface area contributed by atoms with Gasteiger partial charge in [-0.15, -0.1) is 0 Å². The molecule has 1 aromatic rings. The van der Waals surface area contributed by atoms with E-state index in [1.807, 2.05) is 0 Å². The SMILES string of the molecule is COCC(C)NS(=O)(=O)c1ccc(NC(=O)C2COCCO2)cc1. The summed E-state index contributed by atoms with van der Waals surface area (Å²) >= 11 is 0. The van der Waals surface area contributed by atoms with Crippen molar-refractivity contribution in [1.29, 1.82) is 0 Å². The van der Waals surface area contributed by atoms with E-state index in [0.29, 0.717) is 18.9 Å². The Hall–Kier alpha value is -1.52. The summed E-state index contributed by atoms with van der Waals surface area (Å²) < 4.78 is 42.3. The van der Waals surface area contributed by atoms with Gasteiger partial charge in [0.25, 0.3) is 5.91 Å². The van der Waals surface area contributed by atoms with Gasteiger partial charge in [0, 0.05) is 18.8 Å². The van der Waals surface area contributed by atoms with Crippen molar-refractivity contribution in [2.45, 2.75) is 24.0 Å². The monoisotopic (exact) mass is 358 g/mol. The second-order valence-corrected chi connectivity index (χ2v) is 7.14. The van der Waals surface area contributed by atoms with Gasteiger partial charge in [-0.2, -0.15) is 0 Å². The highest BCUT2D eigenvalue weighted by Crippen LogP contribution is 2.15. The summed E-state index contributed by atoms with van der Waals surface area (Å²) in [7, 11) is -2.13. The van der Waals surface area contributed by atoms with E-state index >= 15 is 0 Å². The van der Waals surface area contributed by atoms with Crippen LogP contribution in [0.1, 0.15) is 6.92 Å². The molecule has 1 aromatic carbocycles. The van der Waals surface area contributed by atoms with Crippen molar-refractivity contribution >= 4 is 21.6 Å². The molecule has 24 heavy (non-hydrogen) atoms. The summed E-state index contributed by atoms with van der Waals surface area (Å²) in [6, 6.07) is 5.56. The van der Waals surface area contributed by atoms with E-state index in [9.17, 15) is 13.2 Å². The van der Waals surface area contributed by atoms with Gasteiger partial charge < -0.3 is 19.5 Å². The number of rotatable bonds is 7. The second kappa shape index (κ2) is 8.54. The van der Waals surface area contributed by atoms with Crippen molar-refractivity contribution in [3.8, 4) is 0 Å². The van der Waals surface area contributed by atoms with Gasteiger partial charge in [-0.3, -0.25) is 4.79 Å². The standard InChI is InChI=1S/C15H22N2O6S/c1-11(9-21-2)17-24(19,20)13-5-3-12(4-6-13)16-15(18)14-10-22-7-8-23-14/h3-6,11,14,17H,7-10H2,1-2H3,(H,16,18). The summed E-state index contributed by atoms with van der Waals surface area (Å²) in [5.41, 5.74) is 0.484. The number of carbonyl (C=O) groups excluding carboxylic acids is 1. The van der Waals surface area contributed by atoms with Crippen LogP contribution in [0, 0.1) is 0 Å². The number of anilines is 1. The molecule has 2 atom stereocenters. The van der Waals surface area contributed by atoms with Crippen molar-refractivity contribution in [3.05, 3.63) is 24.3 Å². The lowest BCUT2D eigenvalue weighted by Gasteiger charge is -2.22. The fourth-order valence-electron chi connectivity index (χ4n) is 2.20. The van der Waals surface area contributed by atoms with Crippen LogP contribution in [-0.2, 0) is 29.0 Å². The first-order chi connectivity index (χ1) is 11.4. The number of sulfonamides is 1. The molecule has 1 aliphatic rings. The van der Waals surface area contributed by atoms with Gasteiger partial charge in [-0.25, -0.2) is 13.1 Å². The Morgan fingerprint density at radius 1 is 1.33 bits per heavy atom. The predicted molar refractivity (Wildman–Crippen MR) is 87.3 cm³/mol. The zero-order valence-corrected chi connectivity index (χ0v) is 14.5. The summed E-state index contributed by atoms with van der Waals surface area (Å²) in [5.74, 6) is -0.322. The minimum absolute atomic E-state index is 0.112. The third-order valence-corrected chi connectivity index (χ3v) is 4.92. The molecule has 0 radical (unpaired) electrons. The van der Waals surface area contributed by atoms with Crippen molar-refractivity contribution < 1.29 is 27.4 Å². The van der Waals surface area contributed by atoms with Crippen LogP contribution < -0.4 is 10.0 Å². The van der Waals surface area contributed by atoms with Crippen molar-refractivity contribution in [2.75, 3.05) is 38.9 Å². The molecule has 0 saturated carbocycles. The lowest BCUT2D eigenvalue weighted by Crippen LogP contribution is -2.39. The Labute approximate surface area is 141 Å². The van der Waals surface area contributed by atoms with E-state index in [1.54, 1.807) is 6.92 Å². The molecular weight excluding hydrogens is 336 g/mol. The van der Waals surface area contributed by atoms with Crippen molar-refractivity contribution in [1.82, 2.24) is 4.72 Å². The van der Waals surface area contributed by atoms with E-state index in [4.69, 9.17) is 14.2 Å². The number of benzene rings is 1. The van der Waals surface area contributed by atoms with Crippen LogP contribution >= 0.6 is 0 Å². The van der Waals surface area contributed by atoms with E-state index < -0.39 is 16.1 Å². The zero-order valence-electron chi connectivity index (χ0n) is 13.7. The van der Waals surface area contributed by atoms with Crippen molar-refractivity contribution in [3.63, 3.8) is 0 Å². The maximum absolute atomic E-state index is 12.2. The van der Waals surface area contributed by atoms with Crippen molar-refractivity contribution in [2.24, 2.45) is 0 Å². The normalized spacial score (nSPS) is 19.7. The molecule has 0 aromatic heterocycles. The molecule has 1 saturated heterocycles. The van der Waals surface area contributed by atoms with Crippen LogP contribution in [0.5, 0.6) is 0 Å². The molecule has 0 spiro atoms. The van der Waals surface area contributed by atoms with Gasteiger partial charge >= 0.3 is 0 Å². The lowest BCUT2D eigenvalue weighted by molar-refractivity contribution is -0.142. The minimum Gasteiger partial charge on any atom is -0.383 e. The second-order valence-electron chi connectivity index (χ2n) is 5.43. The zero-order chi connectivity index (χ0) is 17.6. The molecule has 0 aliphatic carbocycles. The van der Waals surface area contributed by atoms with Gasteiger partial charge in [0.2, 0.25) is 10.0 Å². The van der Waals surface area contributed by atoms with Gasteiger partial charge in [-0.05, 0) is 31.2 Å². The summed E-state index contributed by atoms with van der Waals surface area (Å²) in [5, 5.41) is 2.67. The van der Waals surface area contributed by atoms with Crippen LogP contribution in [0.15, 0.2) is 29.2 Å². The smallest absolute Gasteiger partial charge is 0.255 e. The highest BCUT2D eigenvalue weighted by Gasteiger charge is 2.23. The number of hydrogen-bond acceptors (Lipinski definition) is 6. The quantitative estimate of drug-likeness (QED) is 0.729. The molecule has 1 amide bonds. The molecule has 1 heterocycles. The fraction of sp³-hybridized carbons (Fsp3) is 0.533. The first-order valence-electron chi connectivity index (χ1n) is 7.54. The van der Waals surface area contributed by atoms with Crippen LogP contribution in [0.2, 0.25) is 0 Å². The Bertz CT molecular complexity index is 640. The number of ether oxygens (including phenoxy) is 3. The molecule has 0 bridgehead atoms. The molecule has 2 N–H and O–H groups in total. The van der Waals surface area contributed by atoms with Gasteiger partial charge in [0.15, 0.2) is 6.10 Å². The van der Waals surface area contributed by atoms with Crippen LogP contribution in [0.3, 0.4) is 0 Å². The fourth-order valence-corrected chi connectivity index (χ4v) is 3.42.